The Morgan fingerprint density at radius 3 is 2.36 bits per heavy atom. The Labute approximate surface area is 381 Å². The number of aromatic nitrogens is 5. The highest BCUT2D eigenvalue weighted by molar-refractivity contribution is 7.71. The number of benzene rings is 3. The SMILES string of the molecule is CCP(=O)(CC)c1ccc(-n2ccn([C@@]3(C(=O)c4cc5cc(C6CCOCC6)ccc5n4[C@@]4(c5noc(=O)[nH]5)C[C@@H]4C)C4=C(CCNC4C)NN3c3cc(C)c(F)c(C)c3)c2=O)cc1NC. The molecule has 17 heteroatoms. The number of ether oxygens (including phenoxy) is 1. The van der Waals surface area contributed by atoms with Crippen molar-refractivity contribution in [2.24, 2.45) is 5.92 Å². The third-order valence-electron chi connectivity index (χ3n) is 14.9. The average molecular weight is 918 g/mol. The van der Waals surface area contributed by atoms with E-state index in [-0.39, 0.29) is 23.3 Å². The third kappa shape index (κ3) is 6.45. The van der Waals surface area contributed by atoms with Gasteiger partial charge in [-0.25, -0.2) is 19.0 Å². The van der Waals surface area contributed by atoms with Crippen LogP contribution < -0.4 is 37.8 Å². The van der Waals surface area contributed by atoms with E-state index in [0.717, 1.165) is 35.0 Å². The number of aryl methyl sites for hydroxylation is 2. The van der Waals surface area contributed by atoms with Gasteiger partial charge >= 0.3 is 11.4 Å². The van der Waals surface area contributed by atoms with Gasteiger partial charge in [-0.2, -0.15) is 0 Å². The number of aromatic amines is 1. The topological polar surface area (TPSA) is 173 Å². The predicted octanol–water partition coefficient (Wildman–Crippen LogP) is 6.97. The predicted molar refractivity (Wildman–Crippen MR) is 254 cm³/mol. The summed E-state index contributed by atoms with van der Waals surface area (Å²) in [5.74, 6) is -1.01. The molecule has 4 N–H and O–H groups in total. The molecule has 1 unspecified atom stereocenters. The maximum Gasteiger partial charge on any atom is 0.438 e. The number of carbonyl (C=O) groups is 1. The highest BCUT2D eigenvalue weighted by Crippen LogP contribution is 2.57. The number of Topliss-reactive ketones (excluding diaryl/α,β-unsaturated/α-hetero) is 1. The zero-order valence-electron chi connectivity index (χ0n) is 38.5. The summed E-state index contributed by atoms with van der Waals surface area (Å²) in [5.41, 5.74) is 6.18. The fourth-order valence-electron chi connectivity index (χ4n) is 11.2. The Kier molecular flexibility index (Phi) is 10.7. The second kappa shape index (κ2) is 16.1. The number of anilines is 2. The number of imidazole rings is 1. The number of fused-ring (bicyclic) bond motifs is 1. The molecule has 1 saturated carbocycles. The molecular formula is C49H57FN9O6P. The monoisotopic (exact) mass is 917 g/mol. The van der Waals surface area contributed by atoms with Gasteiger partial charge in [0, 0.05) is 97.2 Å². The summed E-state index contributed by atoms with van der Waals surface area (Å²) in [6.07, 6.45) is 7.09. The Balaban J connectivity index is 1.27. The lowest BCUT2D eigenvalue weighted by atomic mass is 9.84. The molecule has 6 aromatic rings. The highest BCUT2D eigenvalue weighted by Gasteiger charge is 2.63. The maximum atomic E-state index is 17.0. The standard InChI is InChI=1S/C49H57FN9O6P/c1-8-66(63,9-2)41-13-11-35(26-38(41)51-7)56-18-19-57(47(56)62)49(42-31(6)52-17-14-37(42)54-59(49)36-22-28(3)43(50)29(4)23-36)44(60)40-25-34-24-33(32-15-20-64-21-16-32)10-12-39(34)58(40)48(27-30(48)5)45-53-46(61)65-55-45/h10-13,18-19,22-26,30-32,51-52,54H,8-9,14-17,20-21,27H2,1-7H3,(H,53,55,61)/t30-,31?,48-,49-/m0/s1. The molecule has 6 heterocycles. The quantitative estimate of drug-likeness (QED) is 0.0738. The number of H-pyrrole nitrogens is 1. The van der Waals surface area contributed by atoms with E-state index in [1.54, 1.807) is 56.5 Å². The van der Waals surface area contributed by atoms with E-state index < -0.39 is 41.6 Å². The van der Waals surface area contributed by atoms with Crippen LogP contribution in [0.25, 0.3) is 16.6 Å². The first kappa shape index (κ1) is 43.9. The van der Waals surface area contributed by atoms with Crippen molar-refractivity contribution in [2.45, 2.75) is 90.4 Å². The first-order chi connectivity index (χ1) is 31.7. The molecule has 3 aromatic carbocycles. The summed E-state index contributed by atoms with van der Waals surface area (Å²) >= 11 is 0. The van der Waals surface area contributed by atoms with Crippen molar-refractivity contribution in [1.29, 1.82) is 0 Å². The van der Waals surface area contributed by atoms with Gasteiger partial charge in [0.1, 0.15) is 18.5 Å². The Morgan fingerprint density at radius 1 is 0.985 bits per heavy atom. The van der Waals surface area contributed by atoms with Crippen LogP contribution in [-0.4, -0.2) is 74.8 Å². The number of halogens is 1. The van der Waals surface area contributed by atoms with Crippen LogP contribution in [0, 0.1) is 25.6 Å². The molecule has 0 spiro atoms. The van der Waals surface area contributed by atoms with Gasteiger partial charge in [-0.15, -0.1) is 0 Å². The van der Waals surface area contributed by atoms with Crippen LogP contribution in [0.15, 0.2) is 92.4 Å². The van der Waals surface area contributed by atoms with Gasteiger partial charge in [0.2, 0.25) is 11.4 Å². The minimum absolute atomic E-state index is 0.0827. The van der Waals surface area contributed by atoms with E-state index in [2.05, 4.69) is 45.3 Å². The second-order valence-electron chi connectivity index (χ2n) is 18.5. The molecule has 2 fully saturated rings. The lowest BCUT2D eigenvalue weighted by Crippen LogP contribution is -2.62. The molecule has 4 aliphatic rings. The number of hydrogen-bond donors (Lipinski definition) is 4. The van der Waals surface area contributed by atoms with Crippen molar-refractivity contribution in [1.82, 2.24) is 34.6 Å². The Bertz CT molecular complexity index is 3110. The lowest BCUT2D eigenvalue weighted by Gasteiger charge is -2.42. The molecule has 4 atom stereocenters. The van der Waals surface area contributed by atoms with Crippen molar-refractivity contribution >= 4 is 40.5 Å². The number of carbonyl (C=O) groups excluding carboxylic acids is 1. The minimum atomic E-state index is -2.71. The Hall–Kier alpha value is -5.96. The van der Waals surface area contributed by atoms with Crippen molar-refractivity contribution in [3.63, 3.8) is 0 Å². The number of nitrogens with one attached hydrogen (secondary N) is 4. The largest absolute Gasteiger partial charge is 0.438 e. The third-order valence-corrected chi connectivity index (χ3v) is 18.2. The van der Waals surface area contributed by atoms with Gasteiger partial charge in [-0.1, -0.05) is 32.0 Å². The molecule has 0 radical (unpaired) electrons. The van der Waals surface area contributed by atoms with Gasteiger partial charge < -0.3 is 24.5 Å². The normalized spacial score (nSPS) is 23.4. The zero-order valence-corrected chi connectivity index (χ0v) is 39.4. The number of rotatable bonds is 12. The van der Waals surface area contributed by atoms with E-state index in [1.807, 2.05) is 49.6 Å². The molecule has 3 aliphatic heterocycles. The van der Waals surface area contributed by atoms with Gasteiger partial charge in [-0.3, -0.25) is 28.9 Å². The zero-order chi connectivity index (χ0) is 46.4. The summed E-state index contributed by atoms with van der Waals surface area (Å²) in [6.45, 7) is 13.2. The van der Waals surface area contributed by atoms with Crippen LogP contribution in [0.1, 0.15) is 92.3 Å². The molecular weight excluding hydrogens is 861 g/mol. The van der Waals surface area contributed by atoms with Crippen molar-refractivity contribution in [3.05, 3.63) is 133 Å². The molecule has 1 aliphatic carbocycles. The fraction of sp³-hybridized carbons (Fsp3) is 0.429. The van der Waals surface area contributed by atoms with E-state index in [0.29, 0.717) is 89.8 Å². The van der Waals surface area contributed by atoms with E-state index >= 15 is 14.0 Å². The van der Waals surface area contributed by atoms with Gasteiger partial charge in [0.15, 0.2) is 5.82 Å². The van der Waals surface area contributed by atoms with E-state index in [1.165, 1.54) is 9.13 Å². The summed E-state index contributed by atoms with van der Waals surface area (Å²) in [6, 6.07) is 16.7. The number of hydrazine groups is 1. The number of ketones is 1. The fourth-order valence-corrected chi connectivity index (χ4v) is 13.3. The van der Waals surface area contributed by atoms with Gasteiger partial charge in [0.25, 0.3) is 0 Å². The molecule has 346 valence electrons. The van der Waals surface area contributed by atoms with Gasteiger partial charge in [0.05, 0.1) is 17.1 Å². The number of hydrogen-bond acceptors (Lipinski definition) is 11. The number of nitrogens with zero attached hydrogens (tertiary/aromatic N) is 5. The van der Waals surface area contributed by atoms with Gasteiger partial charge in [-0.05, 0) is 117 Å². The van der Waals surface area contributed by atoms with E-state index in [9.17, 15) is 9.36 Å². The molecule has 0 bridgehead atoms. The molecule has 1 saturated heterocycles. The first-order valence-electron chi connectivity index (χ1n) is 23.1. The summed E-state index contributed by atoms with van der Waals surface area (Å²) < 4.78 is 45.5. The lowest BCUT2D eigenvalue weighted by molar-refractivity contribution is 0.0821. The van der Waals surface area contributed by atoms with Crippen LogP contribution in [0.3, 0.4) is 0 Å². The van der Waals surface area contributed by atoms with Crippen LogP contribution in [0.2, 0.25) is 0 Å². The molecule has 0 amide bonds. The van der Waals surface area contributed by atoms with Crippen molar-refractivity contribution in [3.8, 4) is 5.69 Å². The van der Waals surface area contributed by atoms with Crippen molar-refractivity contribution < 1.29 is 23.0 Å². The van der Waals surface area contributed by atoms with Crippen LogP contribution in [0.4, 0.5) is 15.8 Å². The average Bonchev–Trinajstić information content (AvgIpc) is 3.81. The van der Waals surface area contributed by atoms with Crippen LogP contribution >= 0.6 is 7.14 Å². The smallest absolute Gasteiger partial charge is 0.387 e. The molecule has 10 rings (SSSR count). The minimum Gasteiger partial charge on any atom is -0.387 e. The maximum absolute atomic E-state index is 17.0. The molecule has 15 nitrogen and oxygen atoms in total. The van der Waals surface area contributed by atoms with Crippen LogP contribution in [-0.2, 0) is 20.5 Å². The molecule has 66 heavy (non-hydrogen) atoms. The van der Waals surface area contributed by atoms with Crippen molar-refractivity contribution in [2.75, 3.05) is 49.5 Å². The summed E-state index contributed by atoms with van der Waals surface area (Å²) in [4.78, 5) is 48.2. The summed E-state index contributed by atoms with van der Waals surface area (Å²) in [5, 5.41) is 14.3. The highest BCUT2D eigenvalue weighted by atomic mass is 31.2. The molecule has 3 aromatic heterocycles. The van der Waals surface area contributed by atoms with E-state index in [4.69, 9.17) is 9.26 Å². The van der Waals surface area contributed by atoms with Crippen LogP contribution in [0.5, 0.6) is 0 Å². The Morgan fingerprint density at radius 2 is 1.71 bits per heavy atom. The second-order valence-corrected chi connectivity index (χ2v) is 22.0. The first-order valence-corrected chi connectivity index (χ1v) is 25.2. The summed E-state index contributed by atoms with van der Waals surface area (Å²) in [7, 11) is -0.942.